The third kappa shape index (κ3) is 5.37. The summed E-state index contributed by atoms with van der Waals surface area (Å²) in [4.78, 5) is 20.7. The van der Waals surface area contributed by atoms with Crippen molar-refractivity contribution in [3.63, 3.8) is 0 Å². The van der Waals surface area contributed by atoms with Crippen LogP contribution in [0.3, 0.4) is 0 Å². The lowest BCUT2D eigenvalue weighted by molar-refractivity contribution is -0.134. The maximum Gasteiger partial charge on any atom is 0.311 e. The quantitative estimate of drug-likeness (QED) is 0.222. The van der Waals surface area contributed by atoms with E-state index in [2.05, 4.69) is 16.9 Å². The van der Waals surface area contributed by atoms with Gasteiger partial charge in [-0.2, -0.15) is 0 Å². The Morgan fingerprint density at radius 3 is 2.67 bits per heavy atom. The Labute approximate surface area is 162 Å². The van der Waals surface area contributed by atoms with E-state index >= 15 is 0 Å². The fourth-order valence-electron chi connectivity index (χ4n) is 2.53. The molecule has 27 heavy (non-hydrogen) atoms. The van der Waals surface area contributed by atoms with Gasteiger partial charge in [0.1, 0.15) is 11.5 Å². The number of hydrogen-bond acceptors (Lipinski definition) is 6. The van der Waals surface area contributed by atoms with E-state index in [9.17, 15) is 4.79 Å². The molecule has 0 N–H and O–H groups in total. The molecule has 3 aromatic rings. The number of benzene rings is 2. The van der Waals surface area contributed by atoms with E-state index in [0.717, 1.165) is 40.8 Å². The summed E-state index contributed by atoms with van der Waals surface area (Å²) in [6.07, 6.45) is 5.21. The first kappa shape index (κ1) is 19.0. The standard InChI is InChI=1S/C21H22N2O3S/c1-3-4-5-6-20(24)26-16-9-7-15(8-10-16)14-22-21-23-18-12-11-17(25-2)13-19(18)27-21/h7-14H,3-6H2,1-2H3/b22-14+. The van der Waals surface area contributed by atoms with Crippen molar-refractivity contribution in [3.8, 4) is 11.5 Å². The lowest BCUT2D eigenvalue weighted by Gasteiger charge is -2.04. The summed E-state index contributed by atoms with van der Waals surface area (Å²) in [6.45, 7) is 2.11. The van der Waals surface area contributed by atoms with Crippen molar-refractivity contribution in [2.75, 3.05) is 7.11 Å². The number of rotatable bonds is 8. The molecule has 0 fully saturated rings. The van der Waals surface area contributed by atoms with E-state index < -0.39 is 0 Å². The number of ether oxygens (including phenoxy) is 2. The van der Waals surface area contributed by atoms with Crippen LogP contribution in [0.4, 0.5) is 5.13 Å². The van der Waals surface area contributed by atoms with Gasteiger partial charge in [0.25, 0.3) is 0 Å². The SMILES string of the molecule is CCCCCC(=O)Oc1ccc(/C=N/c2nc3ccc(OC)cc3s2)cc1. The summed E-state index contributed by atoms with van der Waals surface area (Å²) in [7, 11) is 1.65. The minimum Gasteiger partial charge on any atom is -0.497 e. The van der Waals surface area contributed by atoms with Gasteiger partial charge in [-0.15, -0.1) is 0 Å². The summed E-state index contributed by atoms with van der Waals surface area (Å²) in [6, 6.07) is 13.1. The molecule has 0 radical (unpaired) electrons. The number of aromatic nitrogens is 1. The topological polar surface area (TPSA) is 60.8 Å². The molecule has 0 unspecified atom stereocenters. The molecule has 0 aliphatic rings. The van der Waals surface area contributed by atoms with Gasteiger partial charge in [0.05, 0.1) is 17.3 Å². The van der Waals surface area contributed by atoms with Crippen LogP contribution < -0.4 is 9.47 Å². The number of fused-ring (bicyclic) bond motifs is 1. The number of carbonyl (C=O) groups is 1. The summed E-state index contributed by atoms with van der Waals surface area (Å²) in [5, 5.41) is 0.685. The van der Waals surface area contributed by atoms with Crippen LogP contribution in [0, 0.1) is 0 Å². The van der Waals surface area contributed by atoms with Gasteiger partial charge in [-0.25, -0.2) is 9.98 Å². The lowest BCUT2D eigenvalue weighted by atomic mass is 10.2. The maximum atomic E-state index is 11.7. The van der Waals surface area contributed by atoms with Crippen molar-refractivity contribution in [1.82, 2.24) is 4.98 Å². The number of methoxy groups -OCH3 is 1. The average Bonchev–Trinajstić information content (AvgIpc) is 3.09. The number of esters is 1. The molecule has 2 aromatic carbocycles. The molecule has 0 aliphatic heterocycles. The highest BCUT2D eigenvalue weighted by atomic mass is 32.1. The van der Waals surface area contributed by atoms with Crippen LogP contribution in [-0.2, 0) is 4.79 Å². The number of aliphatic imine (C=N–C) groups is 1. The van der Waals surface area contributed by atoms with E-state index in [1.165, 1.54) is 11.3 Å². The molecular weight excluding hydrogens is 360 g/mol. The van der Waals surface area contributed by atoms with E-state index in [1.807, 2.05) is 30.3 Å². The van der Waals surface area contributed by atoms with Crippen molar-refractivity contribution in [3.05, 3.63) is 48.0 Å². The predicted molar refractivity (Wildman–Crippen MR) is 110 cm³/mol. The number of carbonyl (C=O) groups excluding carboxylic acids is 1. The zero-order valence-corrected chi connectivity index (χ0v) is 16.3. The molecule has 0 saturated carbocycles. The fraction of sp³-hybridized carbons (Fsp3) is 0.286. The fourth-order valence-corrected chi connectivity index (χ4v) is 3.37. The van der Waals surface area contributed by atoms with Crippen molar-refractivity contribution < 1.29 is 14.3 Å². The second-order valence-corrected chi connectivity index (χ2v) is 7.10. The largest absolute Gasteiger partial charge is 0.497 e. The number of thiazole rings is 1. The Morgan fingerprint density at radius 1 is 1.15 bits per heavy atom. The van der Waals surface area contributed by atoms with Gasteiger partial charge in [-0.3, -0.25) is 4.79 Å². The number of hydrogen-bond donors (Lipinski definition) is 0. The van der Waals surface area contributed by atoms with Crippen molar-refractivity contribution in [2.45, 2.75) is 32.6 Å². The molecule has 0 bridgehead atoms. The first-order valence-corrected chi connectivity index (χ1v) is 9.79. The average molecular weight is 382 g/mol. The number of unbranched alkanes of at least 4 members (excludes halogenated alkanes) is 2. The molecule has 1 heterocycles. The molecule has 0 spiro atoms. The summed E-state index contributed by atoms with van der Waals surface area (Å²) in [5.74, 6) is 1.18. The molecular formula is C21H22N2O3S. The Morgan fingerprint density at radius 2 is 1.93 bits per heavy atom. The summed E-state index contributed by atoms with van der Waals surface area (Å²) in [5.41, 5.74) is 1.82. The Kier molecular flexibility index (Phi) is 6.54. The predicted octanol–water partition coefficient (Wildman–Crippen LogP) is 5.54. The monoisotopic (exact) mass is 382 g/mol. The van der Waals surface area contributed by atoms with Crippen LogP contribution >= 0.6 is 11.3 Å². The zero-order chi connectivity index (χ0) is 19.1. The van der Waals surface area contributed by atoms with Gasteiger partial charge in [0.2, 0.25) is 5.13 Å². The summed E-state index contributed by atoms with van der Waals surface area (Å²) < 4.78 is 11.6. The zero-order valence-electron chi connectivity index (χ0n) is 15.5. The minimum atomic E-state index is -0.185. The van der Waals surface area contributed by atoms with Gasteiger partial charge in [0, 0.05) is 12.6 Å². The third-order valence-corrected chi connectivity index (χ3v) is 4.93. The lowest BCUT2D eigenvalue weighted by Crippen LogP contribution is -2.07. The molecule has 0 atom stereocenters. The van der Waals surface area contributed by atoms with Gasteiger partial charge < -0.3 is 9.47 Å². The van der Waals surface area contributed by atoms with Crippen LogP contribution in [0.15, 0.2) is 47.5 Å². The van der Waals surface area contributed by atoms with Crippen LogP contribution in [0.5, 0.6) is 11.5 Å². The number of nitrogens with zero attached hydrogens (tertiary/aromatic N) is 2. The van der Waals surface area contributed by atoms with Crippen molar-refractivity contribution in [1.29, 1.82) is 0 Å². The molecule has 140 valence electrons. The smallest absolute Gasteiger partial charge is 0.311 e. The maximum absolute atomic E-state index is 11.7. The minimum absolute atomic E-state index is 0.185. The van der Waals surface area contributed by atoms with Gasteiger partial charge >= 0.3 is 5.97 Å². The molecule has 1 aromatic heterocycles. The summed E-state index contributed by atoms with van der Waals surface area (Å²) >= 11 is 1.51. The van der Waals surface area contributed by atoms with E-state index in [0.29, 0.717) is 17.3 Å². The molecule has 0 saturated heterocycles. The van der Waals surface area contributed by atoms with Gasteiger partial charge in [-0.1, -0.05) is 31.1 Å². The highest BCUT2D eigenvalue weighted by Gasteiger charge is 2.05. The van der Waals surface area contributed by atoms with Crippen LogP contribution in [-0.4, -0.2) is 24.3 Å². The normalized spacial score (nSPS) is 11.2. The second kappa shape index (κ2) is 9.28. The highest BCUT2D eigenvalue weighted by Crippen LogP contribution is 2.30. The Hall–Kier alpha value is -2.73. The van der Waals surface area contributed by atoms with Crippen molar-refractivity contribution >= 4 is 38.9 Å². The Bertz CT molecular complexity index is 932. The van der Waals surface area contributed by atoms with Crippen LogP contribution in [0.1, 0.15) is 38.2 Å². The van der Waals surface area contributed by atoms with Gasteiger partial charge in [-0.05, 0) is 54.4 Å². The van der Waals surface area contributed by atoms with Crippen LogP contribution in [0.2, 0.25) is 0 Å². The van der Waals surface area contributed by atoms with E-state index in [4.69, 9.17) is 9.47 Å². The molecule has 3 rings (SSSR count). The Balaban J connectivity index is 1.61. The van der Waals surface area contributed by atoms with Crippen LogP contribution in [0.25, 0.3) is 10.2 Å². The highest BCUT2D eigenvalue weighted by molar-refractivity contribution is 7.22. The van der Waals surface area contributed by atoms with Gasteiger partial charge in [0.15, 0.2) is 0 Å². The molecule has 6 heteroatoms. The first-order valence-electron chi connectivity index (χ1n) is 8.97. The molecule has 0 amide bonds. The van der Waals surface area contributed by atoms with Crippen molar-refractivity contribution in [2.24, 2.45) is 4.99 Å². The molecule has 5 nitrogen and oxygen atoms in total. The first-order chi connectivity index (χ1) is 13.2. The molecule has 0 aliphatic carbocycles. The second-order valence-electron chi connectivity index (χ2n) is 6.09. The third-order valence-electron chi connectivity index (χ3n) is 4.00. The van der Waals surface area contributed by atoms with E-state index in [1.54, 1.807) is 25.5 Å². The van der Waals surface area contributed by atoms with E-state index in [-0.39, 0.29) is 5.97 Å².